The molecule has 1 aromatic heterocycles. The average molecular weight is 318 g/mol. The molecule has 2 heterocycles. The van der Waals surface area contributed by atoms with Gasteiger partial charge in [0.2, 0.25) is 0 Å². The van der Waals surface area contributed by atoms with E-state index >= 15 is 0 Å². The van der Waals surface area contributed by atoms with Gasteiger partial charge in [-0.1, -0.05) is 13.3 Å². The highest BCUT2D eigenvalue weighted by Crippen LogP contribution is 2.22. The van der Waals surface area contributed by atoms with E-state index in [1.165, 1.54) is 11.3 Å². The van der Waals surface area contributed by atoms with Gasteiger partial charge in [-0.2, -0.15) is 12.7 Å². The van der Waals surface area contributed by atoms with E-state index in [2.05, 4.69) is 21.9 Å². The van der Waals surface area contributed by atoms with E-state index < -0.39 is 10.2 Å². The summed E-state index contributed by atoms with van der Waals surface area (Å²) in [5.74, 6) is 0. The molecule has 114 valence electrons. The SMILES string of the molecule is CCCNCC1CCCCN1S(=O)(=O)Nc1nccs1. The fourth-order valence-electron chi connectivity index (χ4n) is 2.38. The third-order valence-corrected chi connectivity index (χ3v) is 5.70. The topological polar surface area (TPSA) is 74.3 Å². The van der Waals surface area contributed by atoms with Crippen LogP contribution in [0.3, 0.4) is 0 Å². The van der Waals surface area contributed by atoms with E-state index in [0.717, 1.165) is 32.2 Å². The Hall–Kier alpha value is -0.700. The summed E-state index contributed by atoms with van der Waals surface area (Å²) in [6.45, 7) is 4.32. The van der Waals surface area contributed by atoms with Gasteiger partial charge in [-0.3, -0.25) is 0 Å². The van der Waals surface area contributed by atoms with Gasteiger partial charge in [0, 0.05) is 30.7 Å². The monoisotopic (exact) mass is 318 g/mol. The second kappa shape index (κ2) is 7.35. The number of thiazole rings is 1. The predicted molar refractivity (Wildman–Crippen MR) is 82.2 cm³/mol. The Morgan fingerprint density at radius 2 is 2.35 bits per heavy atom. The van der Waals surface area contributed by atoms with E-state index in [0.29, 0.717) is 18.2 Å². The molecule has 20 heavy (non-hydrogen) atoms. The molecule has 0 bridgehead atoms. The molecule has 0 saturated carbocycles. The highest BCUT2D eigenvalue weighted by atomic mass is 32.2. The van der Waals surface area contributed by atoms with E-state index in [9.17, 15) is 8.42 Å². The van der Waals surface area contributed by atoms with Gasteiger partial charge in [0.25, 0.3) is 0 Å². The molecule has 1 aliphatic heterocycles. The predicted octanol–water partition coefficient (Wildman–Crippen LogP) is 1.65. The summed E-state index contributed by atoms with van der Waals surface area (Å²) in [5.41, 5.74) is 0. The van der Waals surface area contributed by atoms with Gasteiger partial charge in [0.1, 0.15) is 0 Å². The lowest BCUT2D eigenvalue weighted by atomic mass is 10.1. The molecule has 8 heteroatoms. The molecule has 2 N–H and O–H groups in total. The van der Waals surface area contributed by atoms with Crippen molar-refractivity contribution in [2.24, 2.45) is 0 Å². The number of piperidine rings is 1. The highest BCUT2D eigenvalue weighted by molar-refractivity contribution is 7.90. The lowest BCUT2D eigenvalue weighted by Gasteiger charge is -2.34. The first-order valence-electron chi connectivity index (χ1n) is 7.03. The molecule has 6 nitrogen and oxygen atoms in total. The van der Waals surface area contributed by atoms with Crippen LogP contribution in [-0.2, 0) is 10.2 Å². The maximum atomic E-state index is 12.4. The third kappa shape index (κ3) is 4.15. The molecule has 1 atom stereocenters. The van der Waals surface area contributed by atoms with E-state index in [4.69, 9.17) is 0 Å². The summed E-state index contributed by atoms with van der Waals surface area (Å²) in [6, 6.07) is 0.0350. The van der Waals surface area contributed by atoms with Gasteiger partial charge in [-0.25, -0.2) is 9.71 Å². The Bertz CT molecular complexity index is 490. The van der Waals surface area contributed by atoms with Crippen molar-refractivity contribution < 1.29 is 8.42 Å². The summed E-state index contributed by atoms with van der Waals surface area (Å²) in [6.07, 6.45) is 5.57. The molecule has 0 radical (unpaired) electrons. The molecule has 0 aromatic carbocycles. The molecule has 0 aliphatic carbocycles. The minimum atomic E-state index is -3.50. The van der Waals surface area contributed by atoms with E-state index in [-0.39, 0.29) is 6.04 Å². The molecule has 1 aromatic rings. The van der Waals surface area contributed by atoms with Crippen LogP contribution in [0.1, 0.15) is 32.6 Å². The fraction of sp³-hybridized carbons (Fsp3) is 0.750. The number of hydrogen-bond acceptors (Lipinski definition) is 5. The number of nitrogens with one attached hydrogen (secondary N) is 2. The zero-order valence-electron chi connectivity index (χ0n) is 11.7. The number of aromatic nitrogens is 1. The number of hydrogen-bond donors (Lipinski definition) is 2. The second-order valence-corrected chi connectivity index (χ2v) is 7.43. The van der Waals surface area contributed by atoms with Gasteiger partial charge in [0.05, 0.1) is 0 Å². The van der Waals surface area contributed by atoms with Crippen molar-refractivity contribution in [3.8, 4) is 0 Å². The highest BCUT2D eigenvalue weighted by Gasteiger charge is 2.32. The van der Waals surface area contributed by atoms with Crippen LogP contribution in [-0.4, -0.2) is 43.4 Å². The van der Waals surface area contributed by atoms with Crippen molar-refractivity contribution in [3.63, 3.8) is 0 Å². The smallest absolute Gasteiger partial charge is 0.303 e. The Morgan fingerprint density at radius 3 is 3.05 bits per heavy atom. The molecule has 2 rings (SSSR count). The van der Waals surface area contributed by atoms with E-state index in [1.54, 1.807) is 15.9 Å². The summed E-state index contributed by atoms with van der Waals surface area (Å²) in [5, 5.41) is 5.50. The molecule has 0 spiro atoms. The van der Waals surface area contributed by atoms with Crippen LogP contribution in [0.25, 0.3) is 0 Å². The Morgan fingerprint density at radius 1 is 1.50 bits per heavy atom. The first-order chi connectivity index (χ1) is 9.63. The Labute approximate surface area is 124 Å². The molecule has 1 fully saturated rings. The van der Waals surface area contributed by atoms with Crippen molar-refractivity contribution in [1.82, 2.24) is 14.6 Å². The molecular formula is C12H22N4O2S2. The first-order valence-corrected chi connectivity index (χ1v) is 9.35. The quantitative estimate of drug-likeness (QED) is 0.750. The minimum Gasteiger partial charge on any atom is -0.315 e. The molecule has 1 unspecified atom stereocenters. The van der Waals surface area contributed by atoms with Crippen molar-refractivity contribution >= 4 is 26.7 Å². The first kappa shape index (κ1) is 15.7. The zero-order chi connectivity index (χ0) is 14.4. The van der Waals surface area contributed by atoms with E-state index in [1.807, 2.05) is 0 Å². The average Bonchev–Trinajstić information content (AvgIpc) is 2.91. The Balaban J connectivity index is 2.02. The lowest BCUT2D eigenvalue weighted by Crippen LogP contribution is -2.50. The van der Waals surface area contributed by atoms with Crippen molar-refractivity contribution in [1.29, 1.82) is 0 Å². The van der Waals surface area contributed by atoms with Crippen molar-refractivity contribution in [3.05, 3.63) is 11.6 Å². The molecule has 1 aliphatic rings. The van der Waals surface area contributed by atoms with Crippen LogP contribution in [0, 0.1) is 0 Å². The van der Waals surface area contributed by atoms with Crippen LogP contribution in [0.15, 0.2) is 11.6 Å². The maximum Gasteiger partial charge on any atom is 0.303 e. The Kier molecular flexibility index (Phi) is 5.76. The van der Waals surface area contributed by atoms with Gasteiger partial charge in [-0.15, -0.1) is 11.3 Å². The molecule has 1 saturated heterocycles. The summed E-state index contributed by atoms with van der Waals surface area (Å²) >= 11 is 1.29. The minimum absolute atomic E-state index is 0.0350. The molecule has 0 amide bonds. The summed E-state index contributed by atoms with van der Waals surface area (Å²) < 4.78 is 29.0. The third-order valence-electron chi connectivity index (χ3n) is 3.34. The largest absolute Gasteiger partial charge is 0.315 e. The van der Waals surface area contributed by atoms with Gasteiger partial charge >= 0.3 is 10.2 Å². The van der Waals surface area contributed by atoms with Gasteiger partial charge in [0.15, 0.2) is 5.13 Å². The number of nitrogens with zero attached hydrogens (tertiary/aromatic N) is 2. The van der Waals surface area contributed by atoms with Crippen molar-refractivity contribution in [2.45, 2.75) is 38.6 Å². The standard InChI is InChI=1S/C12H22N4O2S2/c1-2-6-13-10-11-5-3-4-8-16(11)20(17,18)15-12-14-7-9-19-12/h7,9,11,13H,2-6,8,10H2,1H3,(H,14,15). The normalized spacial score (nSPS) is 20.9. The number of rotatable bonds is 7. The zero-order valence-corrected chi connectivity index (χ0v) is 13.3. The lowest BCUT2D eigenvalue weighted by molar-refractivity contribution is 0.247. The van der Waals surface area contributed by atoms with Crippen LogP contribution < -0.4 is 10.0 Å². The van der Waals surface area contributed by atoms with Gasteiger partial charge in [-0.05, 0) is 25.8 Å². The fourth-order valence-corrected chi connectivity index (χ4v) is 4.60. The van der Waals surface area contributed by atoms with Crippen LogP contribution in [0.4, 0.5) is 5.13 Å². The van der Waals surface area contributed by atoms with Crippen molar-refractivity contribution in [2.75, 3.05) is 24.4 Å². The molecular weight excluding hydrogens is 296 g/mol. The summed E-state index contributed by atoms with van der Waals surface area (Å²) in [7, 11) is -3.50. The van der Waals surface area contributed by atoms with Gasteiger partial charge < -0.3 is 5.32 Å². The van der Waals surface area contributed by atoms with Crippen LogP contribution in [0.5, 0.6) is 0 Å². The number of anilines is 1. The second-order valence-electron chi connectivity index (χ2n) is 4.91. The van der Waals surface area contributed by atoms with Crippen LogP contribution >= 0.6 is 11.3 Å². The summed E-state index contributed by atoms with van der Waals surface area (Å²) in [4.78, 5) is 3.98. The van der Waals surface area contributed by atoms with Crippen LogP contribution in [0.2, 0.25) is 0 Å². The maximum absolute atomic E-state index is 12.4.